The first-order chi connectivity index (χ1) is 12.2. The van der Waals surface area contributed by atoms with Crippen LogP contribution in [-0.4, -0.2) is 25.2 Å². The second-order valence-electron chi connectivity index (χ2n) is 6.94. The third-order valence-electron chi connectivity index (χ3n) is 5.20. The van der Waals surface area contributed by atoms with Crippen molar-refractivity contribution in [2.24, 2.45) is 5.92 Å². The number of piperidine rings is 1. The molecule has 3 heteroatoms. The number of ether oxygens (including phenoxy) is 1. The Morgan fingerprint density at radius 3 is 2.44 bits per heavy atom. The molecule has 0 saturated carbocycles. The molecule has 128 valence electrons. The van der Waals surface area contributed by atoms with E-state index in [2.05, 4.69) is 54.3 Å². The van der Waals surface area contributed by atoms with Gasteiger partial charge in [-0.05, 0) is 55.2 Å². The third-order valence-corrected chi connectivity index (χ3v) is 5.20. The van der Waals surface area contributed by atoms with Gasteiger partial charge in [0.25, 0.3) is 0 Å². The van der Waals surface area contributed by atoms with Gasteiger partial charge in [0.15, 0.2) is 0 Å². The Morgan fingerprint density at radius 2 is 1.72 bits per heavy atom. The number of hydrogen-bond donors (Lipinski definition) is 0. The maximum atomic E-state index is 5.28. The van der Waals surface area contributed by atoms with Crippen LogP contribution in [0.25, 0.3) is 22.2 Å². The zero-order valence-electron chi connectivity index (χ0n) is 14.9. The summed E-state index contributed by atoms with van der Waals surface area (Å²) in [7, 11) is 1.69. The summed E-state index contributed by atoms with van der Waals surface area (Å²) in [6.07, 6.45) is 2.52. The van der Waals surface area contributed by atoms with Gasteiger partial charge in [-0.15, -0.1) is 0 Å². The minimum Gasteiger partial charge on any atom is -0.497 e. The molecule has 1 aliphatic rings. The molecule has 0 amide bonds. The van der Waals surface area contributed by atoms with E-state index < -0.39 is 0 Å². The van der Waals surface area contributed by atoms with Crippen molar-refractivity contribution in [3.63, 3.8) is 0 Å². The van der Waals surface area contributed by atoms with Crippen LogP contribution < -0.4 is 9.64 Å². The minimum atomic E-state index is 0.824. The van der Waals surface area contributed by atoms with Crippen LogP contribution in [0.1, 0.15) is 19.8 Å². The van der Waals surface area contributed by atoms with Gasteiger partial charge in [0.1, 0.15) is 5.75 Å². The molecular weight excluding hydrogens is 308 g/mol. The maximum absolute atomic E-state index is 5.28. The van der Waals surface area contributed by atoms with Crippen molar-refractivity contribution in [2.45, 2.75) is 19.8 Å². The summed E-state index contributed by atoms with van der Waals surface area (Å²) in [5.74, 6) is 1.69. The molecule has 2 aromatic carbocycles. The van der Waals surface area contributed by atoms with Gasteiger partial charge in [-0.3, -0.25) is 0 Å². The lowest BCUT2D eigenvalue weighted by atomic mass is 9.98. The van der Waals surface area contributed by atoms with Crippen molar-refractivity contribution in [3.8, 4) is 17.0 Å². The van der Waals surface area contributed by atoms with E-state index in [1.165, 1.54) is 23.9 Å². The van der Waals surface area contributed by atoms with E-state index in [0.717, 1.165) is 41.5 Å². The first-order valence-corrected chi connectivity index (χ1v) is 9.04. The fourth-order valence-corrected chi connectivity index (χ4v) is 3.58. The molecule has 0 spiro atoms. The molecule has 0 N–H and O–H groups in total. The van der Waals surface area contributed by atoms with Crippen molar-refractivity contribution in [1.29, 1.82) is 0 Å². The Balaban J connectivity index is 1.80. The van der Waals surface area contributed by atoms with E-state index in [9.17, 15) is 0 Å². The van der Waals surface area contributed by atoms with Gasteiger partial charge >= 0.3 is 0 Å². The van der Waals surface area contributed by atoms with Crippen LogP contribution in [0.2, 0.25) is 0 Å². The van der Waals surface area contributed by atoms with E-state index in [1.807, 2.05) is 12.1 Å². The number of para-hydroxylation sites is 1. The highest BCUT2D eigenvalue weighted by Crippen LogP contribution is 2.33. The molecular formula is C22H24N2O. The molecule has 1 aromatic heterocycles. The lowest BCUT2D eigenvalue weighted by Gasteiger charge is -2.33. The summed E-state index contributed by atoms with van der Waals surface area (Å²) in [5, 5.41) is 1.24. The highest BCUT2D eigenvalue weighted by molar-refractivity contribution is 5.94. The molecule has 2 heterocycles. The van der Waals surface area contributed by atoms with Crippen molar-refractivity contribution in [2.75, 3.05) is 25.1 Å². The lowest BCUT2D eigenvalue weighted by Crippen LogP contribution is -2.32. The van der Waals surface area contributed by atoms with E-state index in [0.29, 0.717) is 0 Å². The first kappa shape index (κ1) is 15.9. The van der Waals surface area contributed by atoms with Gasteiger partial charge in [-0.25, -0.2) is 4.98 Å². The second-order valence-corrected chi connectivity index (χ2v) is 6.94. The number of rotatable bonds is 3. The number of hydrogen-bond acceptors (Lipinski definition) is 3. The fourth-order valence-electron chi connectivity index (χ4n) is 3.58. The predicted octanol–water partition coefficient (Wildman–Crippen LogP) is 5.15. The Labute approximate surface area is 149 Å². The van der Waals surface area contributed by atoms with Gasteiger partial charge in [0.2, 0.25) is 0 Å². The molecule has 1 fully saturated rings. The van der Waals surface area contributed by atoms with Crippen molar-refractivity contribution < 1.29 is 4.74 Å². The summed E-state index contributed by atoms with van der Waals surface area (Å²) in [6, 6.07) is 18.9. The number of anilines is 1. The summed E-state index contributed by atoms with van der Waals surface area (Å²) in [5.41, 5.74) is 4.51. The second kappa shape index (κ2) is 6.75. The Morgan fingerprint density at radius 1 is 1.00 bits per heavy atom. The van der Waals surface area contributed by atoms with Gasteiger partial charge in [-0.2, -0.15) is 0 Å². The molecule has 0 bridgehead atoms. The molecule has 0 radical (unpaired) electrons. The number of fused-ring (bicyclic) bond motifs is 1. The van der Waals surface area contributed by atoms with Crippen LogP contribution in [0.4, 0.5) is 5.69 Å². The average molecular weight is 332 g/mol. The summed E-state index contributed by atoms with van der Waals surface area (Å²) >= 11 is 0. The van der Waals surface area contributed by atoms with Crippen LogP contribution in [0.3, 0.4) is 0 Å². The number of nitrogens with zero attached hydrogens (tertiary/aromatic N) is 2. The van der Waals surface area contributed by atoms with E-state index in [4.69, 9.17) is 9.72 Å². The SMILES string of the molecule is COc1ccc(-c2cc(N3CCC(C)CC3)c3ccccc3n2)cc1. The highest BCUT2D eigenvalue weighted by atomic mass is 16.5. The number of pyridine rings is 1. The van der Waals surface area contributed by atoms with Crippen LogP contribution in [-0.2, 0) is 0 Å². The molecule has 1 aliphatic heterocycles. The van der Waals surface area contributed by atoms with E-state index in [1.54, 1.807) is 7.11 Å². The van der Waals surface area contributed by atoms with Crippen LogP contribution in [0, 0.1) is 5.92 Å². The normalized spacial score (nSPS) is 15.5. The van der Waals surface area contributed by atoms with Crippen LogP contribution >= 0.6 is 0 Å². The van der Waals surface area contributed by atoms with Gasteiger partial charge < -0.3 is 9.64 Å². The summed E-state index contributed by atoms with van der Waals surface area (Å²) in [4.78, 5) is 7.43. The maximum Gasteiger partial charge on any atom is 0.118 e. The molecule has 25 heavy (non-hydrogen) atoms. The van der Waals surface area contributed by atoms with Crippen molar-refractivity contribution in [1.82, 2.24) is 4.98 Å². The standard InChI is InChI=1S/C22H24N2O/c1-16-11-13-24(14-12-16)22-15-21(17-7-9-18(25-2)10-8-17)23-20-6-4-3-5-19(20)22/h3-10,15-16H,11-14H2,1-2H3. The lowest BCUT2D eigenvalue weighted by molar-refractivity contribution is 0.415. The van der Waals surface area contributed by atoms with Gasteiger partial charge in [0.05, 0.1) is 18.3 Å². The summed E-state index contributed by atoms with van der Waals surface area (Å²) in [6.45, 7) is 4.60. The fraction of sp³-hybridized carbons (Fsp3) is 0.318. The highest BCUT2D eigenvalue weighted by Gasteiger charge is 2.19. The molecule has 3 nitrogen and oxygen atoms in total. The molecule has 3 aromatic rings. The largest absolute Gasteiger partial charge is 0.497 e. The number of benzene rings is 2. The Bertz CT molecular complexity index is 865. The quantitative estimate of drug-likeness (QED) is 0.663. The Kier molecular flexibility index (Phi) is 4.31. The Hall–Kier alpha value is -2.55. The predicted molar refractivity (Wildman–Crippen MR) is 104 cm³/mol. The van der Waals surface area contributed by atoms with Crippen molar-refractivity contribution >= 4 is 16.6 Å². The summed E-state index contributed by atoms with van der Waals surface area (Å²) < 4.78 is 5.28. The first-order valence-electron chi connectivity index (χ1n) is 9.04. The van der Waals surface area contributed by atoms with Gasteiger partial charge in [-0.1, -0.05) is 25.1 Å². The molecule has 0 atom stereocenters. The smallest absolute Gasteiger partial charge is 0.118 e. The molecule has 1 saturated heterocycles. The molecule has 0 aliphatic carbocycles. The van der Waals surface area contributed by atoms with Gasteiger partial charge in [0, 0.05) is 29.7 Å². The van der Waals surface area contributed by atoms with Crippen molar-refractivity contribution in [3.05, 3.63) is 54.6 Å². The molecule has 0 unspecified atom stereocenters. The van der Waals surface area contributed by atoms with E-state index >= 15 is 0 Å². The monoisotopic (exact) mass is 332 g/mol. The number of aromatic nitrogens is 1. The van der Waals surface area contributed by atoms with Crippen LogP contribution in [0.5, 0.6) is 5.75 Å². The zero-order valence-corrected chi connectivity index (χ0v) is 14.9. The third kappa shape index (κ3) is 3.19. The minimum absolute atomic E-state index is 0.824. The average Bonchev–Trinajstić information content (AvgIpc) is 2.68. The molecule has 4 rings (SSSR count). The zero-order chi connectivity index (χ0) is 17.2. The topological polar surface area (TPSA) is 25.4 Å². The number of methoxy groups -OCH3 is 1. The van der Waals surface area contributed by atoms with E-state index in [-0.39, 0.29) is 0 Å². The van der Waals surface area contributed by atoms with Crippen LogP contribution in [0.15, 0.2) is 54.6 Å².